The number of carbonyl (C=O) groups excluding carboxylic acids is 3. The van der Waals surface area contributed by atoms with Gasteiger partial charge in [-0.2, -0.15) is 0 Å². The molecule has 9 heteroatoms. The number of nitrogens with zero attached hydrogens (tertiary/aromatic N) is 2. The molecular formula is C24H19N3O6. The van der Waals surface area contributed by atoms with E-state index in [-0.39, 0.29) is 43.4 Å². The summed E-state index contributed by atoms with van der Waals surface area (Å²) >= 11 is 0. The van der Waals surface area contributed by atoms with E-state index < -0.39 is 6.04 Å². The molecule has 1 atom stereocenters. The number of furan rings is 1. The zero-order valence-corrected chi connectivity index (χ0v) is 17.4. The number of carbonyl (C=O) groups is 3. The lowest BCUT2D eigenvalue weighted by Crippen LogP contribution is -2.59. The first-order valence-corrected chi connectivity index (χ1v) is 10.6. The van der Waals surface area contributed by atoms with E-state index in [0.717, 1.165) is 11.1 Å². The topological polar surface area (TPSA) is 101 Å². The van der Waals surface area contributed by atoms with Gasteiger partial charge in [0.25, 0.3) is 11.8 Å². The van der Waals surface area contributed by atoms with Gasteiger partial charge in [-0.3, -0.25) is 14.4 Å². The van der Waals surface area contributed by atoms with Gasteiger partial charge in [0.1, 0.15) is 6.04 Å². The van der Waals surface area contributed by atoms with Crippen LogP contribution < -0.4 is 14.8 Å². The summed E-state index contributed by atoms with van der Waals surface area (Å²) < 4.78 is 16.0. The summed E-state index contributed by atoms with van der Waals surface area (Å²) in [5.41, 5.74) is 2.55. The van der Waals surface area contributed by atoms with E-state index >= 15 is 0 Å². The average Bonchev–Trinajstić information content (AvgIpc) is 3.53. The van der Waals surface area contributed by atoms with Crippen LogP contribution in [0, 0.1) is 0 Å². The Labute approximate surface area is 188 Å². The lowest BCUT2D eigenvalue weighted by Gasteiger charge is -2.39. The van der Waals surface area contributed by atoms with Gasteiger partial charge in [-0.05, 0) is 47.5 Å². The molecule has 1 N–H and O–H groups in total. The van der Waals surface area contributed by atoms with Crippen molar-refractivity contribution in [2.24, 2.45) is 0 Å². The summed E-state index contributed by atoms with van der Waals surface area (Å²) in [5.74, 6) is 0.671. The Balaban J connectivity index is 1.30. The molecule has 0 unspecified atom stereocenters. The number of fused-ring (bicyclic) bond motifs is 3. The van der Waals surface area contributed by atoms with E-state index in [1.54, 1.807) is 29.2 Å². The number of anilines is 1. The molecule has 1 aromatic heterocycles. The quantitative estimate of drug-likeness (QED) is 0.651. The molecule has 9 nitrogen and oxygen atoms in total. The number of benzene rings is 2. The van der Waals surface area contributed by atoms with Crippen LogP contribution in [-0.4, -0.2) is 60.0 Å². The average molecular weight is 445 g/mol. The first-order chi connectivity index (χ1) is 16.1. The Morgan fingerprint density at radius 1 is 0.970 bits per heavy atom. The van der Waals surface area contributed by atoms with Crippen molar-refractivity contribution in [3.8, 4) is 22.6 Å². The Bertz CT molecular complexity index is 1290. The van der Waals surface area contributed by atoms with Gasteiger partial charge in [-0.25, -0.2) is 0 Å². The van der Waals surface area contributed by atoms with Crippen molar-refractivity contribution in [1.82, 2.24) is 9.80 Å². The summed E-state index contributed by atoms with van der Waals surface area (Å²) in [6, 6.07) is 13.4. The molecule has 33 heavy (non-hydrogen) atoms. The van der Waals surface area contributed by atoms with Crippen LogP contribution in [0.15, 0.2) is 59.2 Å². The standard InChI is InChI=1S/C24H19N3O6/c28-22-18-12-26(24(30)20-2-1-9-31-20)7-8-27(18)23(29)16-10-14(3-5-17(16)25-22)15-4-6-19-21(11-15)33-13-32-19/h1-6,9-11,18H,7-8,12-13H2,(H,25,28)/t18-/m0/s1. The first kappa shape index (κ1) is 19.4. The van der Waals surface area contributed by atoms with Gasteiger partial charge >= 0.3 is 0 Å². The minimum absolute atomic E-state index is 0.0973. The smallest absolute Gasteiger partial charge is 0.289 e. The molecule has 4 heterocycles. The van der Waals surface area contributed by atoms with Gasteiger partial charge < -0.3 is 29.0 Å². The molecule has 3 aliphatic heterocycles. The van der Waals surface area contributed by atoms with Crippen LogP contribution in [0.3, 0.4) is 0 Å². The molecule has 3 amide bonds. The van der Waals surface area contributed by atoms with Crippen LogP contribution >= 0.6 is 0 Å². The third-order valence-corrected chi connectivity index (χ3v) is 6.18. The Hall–Kier alpha value is -4.27. The molecule has 0 aliphatic carbocycles. The highest BCUT2D eigenvalue weighted by molar-refractivity contribution is 6.11. The van der Waals surface area contributed by atoms with Gasteiger partial charge in [0, 0.05) is 13.1 Å². The maximum Gasteiger partial charge on any atom is 0.289 e. The Morgan fingerprint density at radius 2 is 1.79 bits per heavy atom. The summed E-state index contributed by atoms with van der Waals surface area (Å²) in [4.78, 5) is 42.2. The molecular weight excluding hydrogens is 426 g/mol. The first-order valence-electron chi connectivity index (χ1n) is 10.6. The van der Waals surface area contributed by atoms with Gasteiger partial charge in [0.05, 0.1) is 24.1 Å². The number of amides is 3. The fourth-order valence-electron chi connectivity index (χ4n) is 4.45. The van der Waals surface area contributed by atoms with E-state index in [4.69, 9.17) is 13.9 Å². The zero-order valence-electron chi connectivity index (χ0n) is 17.4. The van der Waals surface area contributed by atoms with Crippen LogP contribution in [0.25, 0.3) is 11.1 Å². The van der Waals surface area contributed by atoms with Gasteiger partial charge in [0.15, 0.2) is 17.3 Å². The molecule has 3 aromatic rings. The minimum atomic E-state index is -0.786. The van der Waals surface area contributed by atoms with Crippen molar-refractivity contribution in [2.75, 3.05) is 31.7 Å². The lowest BCUT2D eigenvalue weighted by molar-refractivity contribution is -0.121. The normalized spacial score (nSPS) is 19.0. The maximum absolute atomic E-state index is 13.5. The number of hydrogen-bond donors (Lipinski definition) is 1. The molecule has 1 fully saturated rings. The van der Waals surface area contributed by atoms with Crippen molar-refractivity contribution in [2.45, 2.75) is 6.04 Å². The molecule has 0 bridgehead atoms. The van der Waals surface area contributed by atoms with Gasteiger partial charge in [0.2, 0.25) is 12.7 Å². The highest BCUT2D eigenvalue weighted by Crippen LogP contribution is 2.37. The predicted molar refractivity (Wildman–Crippen MR) is 116 cm³/mol. The van der Waals surface area contributed by atoms with E-state index in [2.05, 4.69) is 5.32 Å². The number of piperazine rings is 1. The highest BCUT2D eigenvalue weighted by Gasteiger charge is 2.41. The van der Waals surface area contributed by atoms with Crippen molar-refractivity contribution in [3.05, 3.63) is 66.1 Å². The van der Waals surface area contributed by atoms with Crippen molar-refractivity contribution in [3.63, 3.8) is 0 Å². The predicted octanol–water partition coefficient (Wildman–Crippen LogP) is 2.59. The fourth-order valence-corrected chi connectivity index (χ4v) is 4.45. The van der Waals surface area contributed by atoms with E-state index in [9.17, 15) is 14.4 Å². The molecule has 6 rings (SSSR count). The van der Waals surface area contributed by atoms with Gasteiger partial charge in [-0.15, -0.1) is 0 Å². The number of nitrogens with one attached hydrogen (secondary N) is 1. The van der Waals surface area contributed by atoms with Crippen molar-refractivity contribution in [1.29, 1.82) is 0 Å². The van der Waals surface area contributed by atoms with Crippen molar-refractivity contribution >= 4 is 23.4 Å². The molecule has 3 aliphatic rings. The molecule has 0 radical (unpaired) electrons. The van der Waals surface area contributed by atoms with E-state index in [0.29, 0.717) is 29.3 Å². The minimum Gasteiger partial charge on any atom is -0.459 e. The van der Waals surface area contributed by atoms with Crippen LogP contribution in [0.4, 0.5) is 5.69 Å². The SMILES string of the molecule is O=C1Nc2ccc(-c3ccc4c(c3)OCO4)cc2C(=O)N2CCN(C(=O)c3ccco3)C[C@@H]12. The van der Waals surface area contributed by atoms with Gasteiger partial charge in [-0.1, -0.05) is 12.1 Å². The van der Waals surface area contributed by atoms with Crippen LogP contribution in [0.2, 0.25) is 0 Å². The number of hydrogen-bond acceptors (Lipinski definition) is 6. The van der Waals surface area contributed by atoms with E-state index in [1.165, 1.54) is 11.2 Å². The Morgan fingerprint density at radius 3 is 2.64 bits per heavy atom. The molecule has 0 saturated carbocycles. The highest BCUT2D eigenvalue weighted by atomic mass is 16.7. The second-order valence-electron chi connectivity index (χ2n) is 8.06. The number of rotatable bonds is 2. The lowest BCUT2D eigenvalue weighted by atomic mass is 10.0. The summed E-state index contributed by atoms with van der Waals surface area (Å²) in [6.45, 7) is 0.840. The summed E-state index contributed by atoms with van der Waals surface area (Å²) in [6.07, 6.45) is 1.43. The van der Waals surface area contributed by atoms with E-state index in [1.807, 2.05) is 24.3 Å². The molecule has 0 spiro atoms. The van der Waals surface area contributed by atoms with Crippen LogP contribution in [0.1, 0.15) is 20.9 Å². The second-order valence-corrected chi connectivity index (χ2v) is 8.06. The van der Waals surface area contributed by atoms with Crippen molar-refractivity contribution < 1.29 is 28.3 Å². The second kappa shape index (κ2) is 7.40. The molecule has 166 valence electrons. The fraction of sp³-hybridized carbons (Fsp3) is 0.208. The summed E-state index contributed by atoms with van der Waals surface area (Å²) in [5, 5.41) is 2.86. The van der Waals surface area contributed by atoms with Crippen LogP contribution in [0.5, 0.6) is 11.5 Å². The molecule has 1 saturated heterocycles. The third-order valence-electron chi connectivity index (χ3n) is 6.18. The summed E-state index contributed by atoms with van der Waals surface area (Å²) in [7, 11) is 0. The number of ether oxygens (including phenoxy) is 2. The molecule has 2 aromatic carbocycles. The monoisotopic (exact) mass is 445 g/mol. The van der Waals surface area contributed by atoms with Crippen LogP contribution in [-0.2, 0) is 4.79 Å². The maximum atomic E-state index is 13.5. The largest absolute Gasteiger partial charge is 0.459 e. The third kappa shape index (κ3) is 3.20. The Kier molecular flexibility index (Phi) is 4.36. The zero-order chi connectivity index (χ0) is 22.5.